The molecule has 138 valence electrons. The number of anilines is 1. The minimum Gasteiger partial charge on any atom is -0.383 e. The van der Waals surface area contributed by atoms with E-state index in [1.807, 2.05) is 30.3 Å². The summed E-state index contributed by atoms with van der Waals surface area (Å²) in [6.45, 7) is 2.00. The molecule has 2 aromatic rings. The summed E-state index contributed by atoms with van der Waals surface area (Å²) in [4.78, 5) is 12.1. The van der Waals surface area contributed by atoms with Crippen LogP contribution in [0.1, 0.15) is 12.5 Å². The van der Waals surface area contributed by atoms with E-state index in [4.69, 9.17) is 4.74 Å². The maximum absolute atomic E-state index is 12.2. The van der Waals surface area contributed by atoms with Crippen LogP contribution in [0.2, 0.25) is 0 Å². The molecule has 7 heteroatoms. The second-order valence-electron chi connectivity index (χ2n) is 5.74. The van der Waals surface area contributed by atoms with Crippen LogP contribution in [0.15, 0.2) is 65.6 Å². The van der Waals surface area contributed by atoms with Gasteiger partial charge in [0.2, 0.25) is 15.9 Å². The van der Waals surface area contributed by atoms with Crippen LogP contribution in [-0.4, -0.2) is 34.1 Å². The molecule has 0 saturated heterocycles. The molecule has 0 aliphatic rings. The molecule has 1 amide bonds. The van der Waals surface area contributed by atoms with Crippen molar-refractivity contribution in [3.05, 3.63) is 66.2 Å². The van der Waals surface area contributed by atoms with Crippen molar-refractivity contribution in [3.8, 4) is 0 Å². The number of benzene rings is 2. The molecule has 0 radical (unpaired) electrons. The van der Waals surface area contributed by atoms with Crippen LogP contribution in [0.25, 0.3) is 6.08 Å². The van der Waals surface area contributed by atoms with Gasteiger partial charge >= 0.3 is 0 Å². The highest BCUT2D eigenvalue weighted by Gasteiger charge is 2.17. The zero-order valence-corrected chi connectivity index (χ0v) is 15.5. The maximum Gasteiger partial charge on any atom is 0.248 e. The molecule has 0 aliphatic heterocycles. The van der Waals surface area contributed by atoms with E-state index < -0.39 is 10.0 Å². The first kappa shape index (κ1) is 19.8. The van der Waals surface area contributed by atoms with Gasteiger partial charge in [-0.1, -0.05) is 30.3 Å². The van der Waals surface area contributed by atoms with Crippen molar-refractivity contribution in [2.24, 2.45) is 0 Å². The number of carbonyl (C=O) groups excluding carboxylic acids is 1. The third kappa shape index (κ3) is 6.11. The highest BCUT2D eigenvalue weighted by atomic mass is 32.2. The zero-order valence-electron chi connectivity index (χ0n) is 14.7. The molecule has 1 atom stereocenters. The quantitative estimate of drug-likeness (QED) is 0.696. The number of rotatable bonds is 8. The molecule has 2 rings (SSSR count). The van der Waals surface area contributed by atoms with Crippen LogP contribution >= 0.6 is 0 Å². The molecular weight excluding hydrogens is 352 g/mol. The van der Waals surface area contributed by atoms with Crippen LogP contribution in [0.3, 0.4) is 0 Å². The van der Waals surface area contributed by atoms with Gasteiger partial charge in [0.15, 0.2) is 0 Å². The van der Waals surface area contributed by atoms with E-state index in [1.165, 1.54) is 25.3 Å². The Labute approximate surface area is 153 Å². The lowest BCUT2D eigenvalue weighted by Gasteiger charge is -2.13. The molecular formula is C19H22N2O4S. The Morgan fingerprint density at radius 2 is 1.77 bits per heavy atom. The van der Waals surface area contributed by atoms with Crippen LogP contribution in [0, 0.1) is 0 Å². The summed E-state index contributed by atoms with van der Waals surface area (Å²) < 4.78 is 31.9. The molecule has 2 N–H and O–H groups in total. The van der Waals surface area contributed by atoms with Crippen molar-refractivity contribution in [1.29, 1.82) is 0 Å². The zero-order chi connectivity index (χ0) is 19.0. The number of hydrogen-bond donors (Lipinski definition) is 2. The first-order valence-corrected chi connectivity index (χ1v) is 9.54. The van der Waals surface area contributed by atoms with Gasteiger partial charge < -0.3 is 10.1 Å². The standard InChI is InChI=1S/C19H22N2O4S/c1-15(14-25-2)21-26(23,24)18-11-9-17(10-12-18)20-19(22)13-8-16-6-4-3-5-7-16/h3-13,15,21H,14H2,1-2H3,(H,20,22)/b13-8+. The Balaban J connectivity index is 1.98. The van der Waals surface area contributed by atoms with Crippen molar-refractivity contribution in [3.63, 3.8) is 0 Å². The molecule has 2 aromatic carbocycles. The number of carbonyl (C=O) groups is 1. The monoisotopic (exact) mass is 374 g/mol. The van der Waals surface area contributed by atoms with Gasteiger partial charge in [-0.25, -0.2) is 13.1 Å². The normalized spacial score (nSPS) is 12.8. The van der Waals surface area contributed by atoms with E-state index in [9.17, 15) is 13.2 Å². The Morgan fingerprint density at radius 1 is 1.12 bits per heavy atom. The average molecular weight is 374 g/mol. The lowest BCUT2D eigenvalue weighted by molar-refractivity contribution is -0.111. The van der Waals surface area contributed by atoms with Gasteiger partial charge in [0.05, 0.1) is 11.5 Å². The highest BCUT2D eigenvalue weighted by Crippen LogP contribution is 2.14. The summed E-state index contributed by atoms with van der Waals surface area (Å²) in [5.41, 5.74) is 1.43. The fraction of sp³-hybridized carbons (Fsp3) is 0.211. The summed E-state index contributed by atoms with van der Waals surface area (Å²) in [5, 5.41) is 2.69. The first-order valence-electron chi connectivity index (χ1n) is 8.06. The van der Waals surface area contributed by atoms with Gasteiger partial charge in [-0.15, -0.1) is 0 Å². The summed E-state index contributed by atoms with van der Waals surface area (Å²) in [5.74, 6) is -0.295. The van der Waals surface area contributed by atoms with Gasteiger partial charge in [-0.05, 0) is 42.8 Å². The minimum absolute atomic E-state index is 0.123. The minimum atomic E-state index is -3.63. The van der Waals surface area contributed by atoms with Crippen molar-refractivity contribution in [1.82, 2.24) is 4.72 Å². The largest absolute Gasteiger partial charge is 0.383 e. The summed E-state index contributed by atoms with van der Waals surface area (Å²) in [7, 11) is -2.12. The van der Waals surface area contributed by atoms with Crippen molar-refractivity contribution in [2.75, 3.05) is 19.0 Å². The molecule has 0 bridgehead atoms. The lowest BCUT2D eigenvalue weighted by Crippen LogP contribution is -2.35. The molecule has 0 aromatic heterocycles. The molecule has 1 unspecified atom stereocenters. The molecule has 0 fully saturated rings. The topological polar surface area (TPSA) is 84.5 Å². The maximum atomic E-state index is 12.2. The summed E-state index contributed by atoms with van der Waals surface area (Å²) in [6.07, 6.45) is 3.13. The van der Waals surface area contributed by atoms with Gasteiger partial charge in [0.25, 0.3) is 0 Å². The average Bonchev–Trinajstić information content (AvgIpc) is 2.61. The number of nitrogens with one attached hydrogen (secondary N) is 2. The van der Waals surface area contributed by atoms with Crippen LogP contribution < -0.4 is 10.0 Å². The second kappa shape index (κ2) is 9.28. The van der Waals surface area contributed by atoms with Crippen molar-refractivity contribution in [2.45, 2.75) is 17.9 Å². The van der Waals surface area contributed by atoms with E-state index in [-0.39, 0.29) is 23.5 Å². The van der Waals surface area contributed by atoms with Gasteiger partial charge in [-0.3, -0.25) is 4.79 Å². The van der Waals surface area contributed by atoms with Crippen LogP contribution in [0.5, 0.6) is 0 Å². The van der Waals surface area contributed by atoms with Crippen LogP contribution in [-0.2, 0) is 19.6 Å². The Bertz CT molecular complexity index is 847. The van der Waals surface area contributed by atoms with E-state index in [0.29, 0.717) is 5.69 Å². The molecule has 0 heterocycles. The Morgan fingerprint density at radius 3 is 2.38 bits per heavy atom. The molecule has 26 heavy (non-hydrogen) atoms. The van der Waals surface area contributed by atoms with E-state index >= 15 is 0 Å². The van der Waals surface area contributed by atoms with E-state index in [1.54, 1.807) is 25.1 Å². The smallest absolute Gasteiger partial charge is 0.248 e. The number of methoxy groups -OCH3 is 1. The second-order valence-corrected chi connectivity index (χ2v) is 7.45. The highest BCUT2D eigenvalue weighted by molar-refractivity contribution is 7.89. The van der Waals surface area contributed by atoms with Crippen molar-refractivity contribution >= 4 is 27.7 Å². The number of sulfonamides is 1. The van der Waals surface area contributed by atoms with Crippen LogP contribution in [0.4, 0.5) is 5.69 Å². The Hall–Kier alpha value is -2.48. The Kier molecular flexibility index (Phi) is 7.08. The lowest BCUT2D eigenvalue weighted by atomic mass is 10.2. The summed E-state index contributed by atoms with van der Waals surface area (Å²) in [6, 6.07) is 15.1. The molecule has 0 spiro atoms. The predicted molar refractivity (Wildman–Crippen MR) is 102 cm³/mol. The summed E-state index contributed by atoms with van der Waals surface area (Å²) >= 11 is 0. The fourth-order valence-electron chi connectivity index (χ4n) is 2.25. The first-order chi connectivity index (χ1) is 12.4. The van der Waals surface area contributed by atoms with E-state index in [0.717, 1.165) is 5.56 Å². The fourth-order valence-corrected chi connectivity index (χ4v) is 3.48. The predicted octanol–water partition coefficient (Wildman–Crippen LogP) is 2.65. The van der Waals surface area contributed by atoms with Gasteiger partial charge in [-0.2, -0.15) is 0 Å². The SMILES string of the molecule is COCC(C)NS(=O)(=O)c1ccc(NC(=O)/C=C/c2ccccc2)cc1. The van der Waals surface area contributed by atoms with E-state index in [2.05, 4.69) is 10.0 Å². The molecule has 6 nitrogen and oxygen atoms in total. The van der Waals surface area contributed by atoms with Gasteiger partial charge in [0.1, 0.15) is 0 Å². The molecule has 0 aliphatic carbocycles. The number of hydrogen-bond acceptors (Lipinski definition) is 4. The third-order valence-corrected chi connectivity index (χ3v) is 5.04. The molecule has 0 saturated carbocycles. The number of amides is 1. The van der Waals surface area contributed by atoms with Gasteiger partial charge in [0, 0.05) is 24.9 Å². The van der Waals surface area contributed by atoms with Crippen molar-refractivity contribution < 1.29 is 17.9 Å². The number of ether oxygens (including phenoxy) is 1. The third-order valence-electron chi connectivity index (χ3n) is 3.43.